The van der Waals surface area contributed by atoms with Gasteiger partial charge in [-0.2, -0.15) is 0 Å². The van der Waals surface area contributed by atoms with E-state index in [9.17, 15) is 9.18 Å². The Bertz CT molecular complexity index is 475. The molecule has 0 spiro atoms. The van der Waals surface area contributed by atoms with Gasteiger partial charge in [0.15, 0.2) is 0 Å². The van der Waals surface area contributed by atoms with Gasteiger partial charge in [-0.25, -0.2) is 4.39 Å². The lowest BCUT2D eigenvalue weighted by atomic mass is 10.2. The van der Waals surface area contributed by atoms with E-state index in [1.807, 2.05) is 19.0 Å². The van der Waals surface area contributed by atoms with Crippen molar-refractivity contribution >= 4 is 12.0 Å². The van der Waals surface area contributed by atoms with Crippen LogP contribution in [0.1, 0.15) is 5.56 Å². The van der Waals surface area contributed by atoms with Crippen LogP contribution in [0.5, 0.6) is 0 Å². The van der Waals surface area contributed by atoms with E-state index >= 15 is 0 Å². The second kappa shape index (κ2) is 9.26. The van der Waals surface area contributed by atoms with Gasteiger partial charge in [0.2, 0.25) is 5.91 Å². The molecular formula is C16H23FN2O2. The average Bonchev–Trinajstić information content (AvgIpc) is 2.44. The lowest BCUT2D eigenvalue weighted by Gasteiger charge is -2.22. The first-order valence-corrected chi connectivity index (χ1v) is 6.89. The summed E-state index contributed by atoms with van der Waals surface area (Å²) in [6.07, 6.45) is 3.10. The third-order valence-corrected chi connectivity index (χ3v) is 2.96. The summed E-state index contributed by atoms with van der Waals surface area (Å²) < 4.78 is 18.1. The number of benzene rings is 1. The highest BCUT2D eigenvalue weighted by molar-refractivity contribution is 5.91. The number of halogens is 1. The van der Waals surface area contributed by atoms with Crippen LogP contribution in [0, 0.1) is 5.82 Å². The molecule has 1 amide bonds. The normalized spacial score (nSPS) is 11.3. The van der Waals surface area contributed by atoms with Crippen LogP contribution >= 0.6 is 0 Å². The predicted octanol–water partition coefficient (Wildman–Crippen LogP) is 1.88. The molecule has 0 aliphatic carbocycles. The molecule has 0 fully saturated rings. The lowest BCUT2D eigenvalue weighted by molar-refractivity contribution is -0.126. The zero-order valence-electron chi connectivity index (χ0n) is 12.9. The Kier molecular flexibility index (Phi) is 7.64. The molecule has 0 unspecified atom stereocenters. The molecule has 116 valence electrons. The molecule has 0 aromatic heterocycles. The second-order valence-electron chi connectivity index (χ2n) is 5.01. The maximum absolute atomic E-state index is 13.1. The molecule has 21 heavy (non-hydrogen) atoms. The van der Waals surface area contributed by atoms with Gasteiger partial charge in [-0.05, 0) is 37.9 Å². The minimum Gasteiger partial charge on any atom is -0.383 e. The molecule has 4 nitrogen and oxygen atoms in total. The van der Waals surface area contributed by atoms with Crippen LogP contribution in [0.25, 0.3) is 6.08 Å². The molecule has 1 aromatic carbocycles. The number of ether oxygens (including phenoxy) is 1. The van der Waals surface area contributed by atoms with E-state index in [1.165, 1.54) is 18.2 Å². The van der Waals surface area contributed by atoms with Crippen LogP contribution in [-0.2, 0) is 9.53 Å². The molecule has 0 heterocycles. The standard InChI is InChI=1S/C16H23FN2O2/c1-18(2)9-10-19(11-12-21-3)16(20)8-7-14-5-4-6-15(17)13-14/h4-8,13H,9-12H2,1-3H3/b8-7+. The fraction of sp³-hybridized carbons (Fsp3) is 0.438. The molecule has 0 aliphatic heterocycles. The van der Waals surface area contributed by atoms with Gasteiger partial charge in [0.1, 0.15) is 5.82 Å². The highest BCUT2D eigenvalue weighted by atomic mass is 19.1. The summed E-state index contributed by atoms with van der Waals surface area (Å²) in [5.41, 5.74) is 0.669. The van der Waals surface area contributed by atoms with Gasteiger partial charge in [0.25, 0.3) is 0 Å². The topological polar surface area (TPSA) is 32.8 Å². The predicted molar refractivity (Wildman–Crippen MR) is 82.4 cm³/mol. The number of carbonyl (C=O) groups is 1. The van der Waals surface area contributed by atoms with E-state index in [4.69, 9.17) is 4.74 Å². The third kappa shape index (κ3) is 7.02. The second-order valence-corrected chi connectivity index (χ2v) is 5.01. The molecule has 0 atom stereocenters. The number of likely N-dealkylation sites (N-methyl/N-ethyl adjacent to an activating group) is 1. The van der Waals surface area contributed by atoms with E-state index in [-0.39, 0.29) is 11.7 Å². The number of hydrogen-bond donors (Lipinski definition) is 0. The highest BCUT2D eigenvalue weighted by Gasteiger charge is 2.10. The summed E-state index contributed by atoms with van der Waals surface area (Å²) in [5.74, 6) is -0.411. The molecule has 0 saturated carbocycles. The van der Waals surface area contributed by atoms with Crippen molar-refractivity contribution in [1.29, 1.82) is 0 Å². The van der Waals surface area contributed by atoms with E-state index in [0.29, 0.717) is 25.3 Å². The van der Waals surface area contributed by atoms with Gasteiger partial charge >= 0.3 is 0 Å². The molecule has 0 radical (unpaired) electrons. The number of amides is 1. The first kappa shape index (κ1) is 17.3. The summed E-state index contributed by atoms with van der Waals surface area (Å²) >= 11 is 0. The molecule has 0 aliphatic rings. The zero-order chi connectivity index (χ0) is 15.7. The maximum atomic E-state index is 13.1. The fourth-order valence-electron chi connectivity index (χ4n) is 1.74. The summed E-state index contributed by atoms with van der Waals surface area (Å²) in [5, 5.41) is 0. The summed E-state index contributed by atoms with van der Waals surface area (Å²) in [6, 6.07) is 6.14. The summed E-state index contributed by atoms with van der Waals surface area (Å²) in [6.45, 7) is 2.44. The van der Waals surface area contributed by atoms with Crippen molar-refractivity contribution in [3.8, 4) is 0 Å². The van der Waals surface area contributed by atoms with Crippen molar-refractivity contribution < 1.29 is 13.9 Å². The number of hydrogen-bond acceptors (Lipinski definition) is 3. The lowest BCUT2D eigenvalue weighted by Crippen LogP contribution is -2.37. The van der Waals surface area contributed by atoms with Crippen molar-refractivity contribution in [2.75, 3.05) is 47.4 Å². The molecule has 0 saturated heterocycles. The van der Waals surface area contributed by atoms with Crippen LogP contribution < -0.4 is 0 Å². The van der Waals surface area contributed by atoms with Crippen LogP contribution in [0.2, 0.25) is 0 Å². The molecule has 5 heteroatoms. The number of methoxy groups -OCH3 is 1. The van der Waals surface area contributed by atoms with Crippen molar-refractivity contribution in [2.45, 2.75) is 0 Å². The number of carbonyl (C=O) groups excluding carboxylic acids is 1. The van der Waals surface area contributed by atoms with Gasteiger partial charge in [-0.3, -0.25) is 4.79 Å². The Balaban J connectivity index is 2.65. The van der Waals surface area contributed by atoms with Gasteiger partial charge in [0.05, 0.1) is 6.61 Å². The SMILES string of the molecule is COCCN(CCN(C)C)C(=O)/C=C/c1cccc(F)c1. The van der Waals surface area contributed by atoms with Gasteiger partial charge in [-0.1, -0.05) is 12.1 Å². The minimum absolute atomic E-state index is 0.0989. The van der Waals surface area contributed by atoms with Crippen molar-refractivity contribution in [3.05, 3.63) is 41.7 Å². The van der Waals surface area contributed by atoms with Crippen LogP contribution in [0.3, 0.4) is 0 Å². The molecule has 1 rings (SSSR count). The molecule has 0 N–H and O–H groups in total. The van der Waals surface area contributed by atoms with E-state index < -0.39 is 0 Å². The van der Waals surface area contributed by atoms with Gasteiger partial charge in [-0.15, -0.1) is 0 Å². The fourth-order valence-corrected chi connectivity index (χ4v) is 1.74. The first-order chi connectivity index (χ1) is 10.0. The first-order valence-electron chi connectivity index (χ1n) is 6.89. The Hall–Kier alpha value is -1.72. The number of rotatable bonds is 8. The Morgan fingerprint density at radius 2 is 2.05 bits per heavy atom. The zero-order valence-corrected chi connectivity index (χ0v) is 12.9. The average molecular weight is 294 g/mol. The maximum Gasteiger partial charge on any atom is 0.246 e. The smallest absolute Gasteiger partial charge is 0.246 e. The van der Waals surface area contributed by atoms with Crippen molar-refractivity contribution in [2.24, 2.45) is 0 Å². The highest BCUT2D eigenvalue weighted by Crippen LogP contribution is 2.06. The Morgan fingerprint density at radius 1 is 1.29 bits per heavy atom. The third-order valence-electron chi connectivity index (χ3n) is 2.96. The van der Waals surface area contributed by atoms with Crippen molar-refractivity contribution in [1.82, 2.24) is 9.80 Å². The molecule has 0 bridgehead atoms. The van der Waals surface area contributed by atoms with E-state index in [1.54, 1.807) is 30.2 Å². The number of nitrogens with zero attached hydrogens (tertiary/aromatic N) is 2. The Labute approximate surface area is 125 Å². The quantitative estimate of drug-likeness (QED) is 0.686. The van der Waals surface area contributed by atoms with Crippen LogP contribution in [0.15, 0.2) is 30.3 Å². The summed E-state index contributed by atoms with van der Waals surface area (Å²) in [7, 11) is 5.53. The molecular weight excluding hydrogens is 271 g/mol. The Morgan fingerprint density at radius 3 is 2.67 bits per heavy atom. The monoisotopic (exact) mass is 294 g/mol. The van der Waals surface area contributed by atoms with Crippen LogP contribution in [0.4, 0.5) is 4.39 Å². The van der Waals surface area contributed by atoms with Gasteiger partial charge in [0, 0.05) is 32.8 Å². The largest absolute Gasteiger partial charge is 0.383 e. The summed E-state index contributed by atoms with van der Waals surface area (Å²) in [4.78, 5) is 15.9. The van der Waals surface area contributed by atoms with E-state index in [0.717, 1.165) is 6.54 Å². The van der Waals surface area contributed by atoms with Crippen molar-refractivity contribution in [3.63, 3.8) is 0 Å². The van der Waals surface area contributed by atoms with Gasteiger partial charge < -0.3 is 14.5 Å². The van der Waals surface area contributed by atoms with E-state index in [2.05, 4.69) is 0 Å². The van der Waals surface area contributed by atoms with Crippen LogP contribution in [-0.4, -0.2) is 63.2 Å². The molecule has 1 aromatic rings. The minimum atomic E-state index is -0.312.